The number of aliphatic imine (C=N–C) groups is 1. The number of dihydropyridines is 1. The fourth-order valence-electron chi connectivity index (χ4n) is 8.39. The Bertz CT molecular complexity index is 1790. The molecule has 0 spiro atoms. The molecule has 0 aromatic heterocycles. The number of likely N-dealkylation sites (N-methyl/N-ethyl adjacent to an activating group) is 1. The van der Waals surface area contributed by atoms with Crippen molar-refractivity contribution in [1.29, 1.82) is 0 Å². The third-order valence-electron chi connectivity index (χ3n) is 11.1. The van der Waals surface area contributed by atoms with Gasteiger partial charge in [0, 0.05) is 43.1 Å². The van der Waals surface area contributed by atoms with Crippen molar-refractivity contribution in [3.8, 4) is 0 Å². The number of nitrogens with one attached hydrogen (secondary N) is 3. The SMILES string of the molecule is CCN[C@@H]1C=C2C=CCC[C@H]2C[C@H]1COC(=O)[C@]12O[C@@]1(C/C=C(\C)C[C@@H](NC(N)=NC)C1=CCNC(N)=C1)C(=O)c1cccc(CC(C)C)c1C2=O. The van der Waals surface area contributed by atoms with Gasteiger partial charge in [0.25, 0.3) is 5.60 Å². The topological polar surface area (TPSA) is 173 Å². The van der Waals surface area contributed by atoms with Gasteiger partial charge in [-0.05, 0) is 80.2 Å². The summed E-state index contributed by atoms with van der Waals surface area (Å²) >= 11 is 0. The maximum Gasteiger partial charge on any atom is 0.350 e. The van der Waals surface area contributed by atoms with Crippen LogP contribution in [0.4, 0.5) is 0 Å². The van der Waals surface area contributed by atoms with Gasteiger partial charge in [0.1, 0.15) is 0 Å². The molecule has 1 aromatic carbocycles. The lowest BCUT2D eigenvalue weighted by atomic mass is 9.70. The first kappa shape index (κ1) is 37.3. The van der Waals surface area contributed by atoms with Crippen molar-refractivity contribution >= 4 is 23.5 Å². The van der Waals surface area contributed by atoms with E-state index in [-0.39, 0.29) is 54.3 Å². The number of nitrogens with zero attached hydrogens (tertiary/aromatic N) is 1. The molecule has 7 N–H and O–H groups in total. The lowest BCUT2D eigenvalue weighted by Crippen LogP contribution is -2.51. The van der Waals surface area contributed by atoms with Crippen molar-refractivity contribution in [2.24, 2.45) is 34.2 Å². The average molecular weight is 711 g/mol. The molecule has 1 fully saturated rings. The van der Waals surface area contributed by atoms with Gasteiger partial charge in [0.15, 0.2) is 17.3 Å². The van der Waals surface area contributed by atoms with Crippen LogP contribution < -0.4 is 27.4 Å². The van der Waals surface area contributed by atoms with Gasteiger partial charge in [0.2, 0.25) is 5.78 Å². The predicted octanol–water partition coefficient (Wildman–Crippen LogP) is 4.16. The van der Waals surface area contributed by atoms with Gasteiger partial charge in [0.05, 0.1) is 18.5 Å². The first-order valence-corrected chi connectivity index (χ1v) is 18.7. The lowest BCUT2D eigenvalue weighted by molar-refractivity contribution is -0.150. The zero-order chi connectivity index (χ0) is 37.2. The second kappa shape index (κ2) is 15.2. The third-order valence-corrected chi connectivity index (χ3v) is 11.1. The van der Waals surface area contributed by atoms with Crippen molar-refractivity contribution in [1.82, 2.24) is 16.0 Å². The summed E-state index contributed by atoms with van der Waals surface area (Å²) in [7, 11) is 1.61. The quantitative estimate of drug-likeness (QED) is 0.0500. The Kier molecular flexibility index (Phi) is 10.9. The summed E-state index contributed by atoms with van der Waals surface area (Å²) in [6, 6.07) is 5.11. The van der Waals surface area contributed by atoms with E-state index >= 15 is 0 Å². The monoisotopic (exact) mass is 710 g/mol. The molecule has 2 heterocycles. The summed E-state index contributed by atoms with van der Waals surface area (Å²) in [5.74, 6) is -0.180. The molecule has 3 aliphatic carbocycles. The maximum atomic E-state index is 14.7. The van der Waals surface area contributed by atoms with Crippen LogP contribution in [0.15, 0.2) is 82.2 Å². The van der Waals surface area contributed by atoms with Crippen LogP contribution in [0, 0.1) is 17.8 Å². The number of hydrogen-bond acceptors (Lipinski definition) is 9. The van der Waals surface area contributed by atoms with Crippen molar-refractivity contribution in [2.45, 2.75) is 89.5 Å². The van der Waals surface area contributed by atoms with E-state index in [2.05, 4.69) is 59.9 Å². The highest BCUT2D eigenvalue weighted by Crippen LogP contribution is 2.59. The molecule has 52 heavy (non-hydrogen) atoms. The number of nitrogens with two attached hydrogens (primary N) is 2. The largest absolute Gasteiger partial charge is 0.463 e. The van der Waals surface area contributed by atoms with Crippen LogP contribution in [0.5, 0.6) is 0 Å². The second-order valence-electron chi connectivity index (χ2n) is 15.2. The number of allylic oxidation sites excluding steroid dienone is 3. The zero-order valence-electron chi connectivity index (χ0n) is 31.1. The molecule has 6 atom stereocenters. The molecule has 0 unspecified atom stereocenters. The Morgan fingerprint density at radius 2 is 2.06 bits per heavy atom. The fraction of sp³-hybridized carbons (Fsp3) is 0.512. The van der Waals surface area contributed by atoms with Crippen LogP contribution in [-0.4, -0.2) is 73.5 Å². The van der Waals surface area contributed by atoms with Gasteiger partial charge >= 0.3 is 5.97 Å². The van der Waals surface area contributed by atoms with Gasteiger partial charge in [-0.15, -0.1) is 0 Å². The number of esters is 1. The van der Waals surface area contributed by atoms with Crippen LogP contribution in [0.25, 0.3) is 0 Å². The molecule has 1 aromatic rings. The third kappa shape index (κ3) is 7.00. The van der Waals surface area contributed by atoms with Gasteiger partial charge < -0.3 is 36.9 Å². The van der Waals surface area contributed by atoms with E-state index in [4.69, 9.17) is 20.9 Å². The number of benzene rings is 1. The molecular formula is C41H54N6O5. The summed E-state index contributed by atoms with van der Waals surface area (Å²) in [6.45, 7) is 9.58. The molecule has 6 rings (SSSR count). The Morgan fingerprint density at radius 1 is 1.25 bits per heavy atom. The minimum atomic E-state index is -2.05. The number of ketones is 2. The highest BCUT2D eigenvalue weighted by molar-refractivity contribution is 6.33. The Hall–Kier alpha value is -4.48. The molecular weight excluding hydrogens is 656 g/mol. The number of guanidine groups is 1. The molecule has 11 nitrogen and oxygen atoms in total. The van der Waals surface area contributed by atoms with Crippen LogP contribution in [0.2, 0.25) is 0 Å². The number of Topliss-reactive ketones (excluding diaryl/α,β-unsaturated/α-hetero) is 2. The van der Waals surface area contributed by atoms with Crippen molar-refractivity contribution in [2.75, 3.05) is 26.7 Å². The van der Waals surface area contributed by atoms with E-state index in [1.807, 2.05) is 31.2 Å². The predicted molar refractivity (Wildman–Crippen MR) is 202 cm³/mol. The van der Waals surface area contributed by atoms with Crippen LogP contribution >= 0.6 is 0 Å². The molecule has 0 amide bonds. The lowest BCUT2D eigenvalue weighted by Gasteiger charge is -2.36. The van der Waals surface area contributed by atoms with Gasteiger partial charge in [-0.1, -0.05) is 74.9 Å². The number of fused-ring (bicyclic) bond motifs is 3. The molecule has 5 aliphatic rings. The molecule has 0 radical (unpaired) electrons. The second-order valence-corrected chi connectivity index (χ2v) is 15.2. The minimum Gasteiger partial charge on any atom is -0.463 e. The summed E-state index contributed by atoms with van der Waals surface area (Å²) in [4.78, 5) is 47.7. The Labute approximate surface area is 307 Å². The molecule has 2 aliphatic heterocycles. The summed E-state index contributed by atoms with van der Waals surface area (Å²) in [5, 5.41) is 9.88. The van der Waals surface area contributed by atoms with Crippen LogP contribution in [0.1, 0.15) is 86.1 Å². The van der Waals surface area contributed by atoms with Crippen molar-refractivity contribution in [3.63, 3.8) is 0 Å². The number of rotatable bonds is 13. The van der Waals surface area contributed by atoms with Crippen molar-refractivity contribution in [3.05, 3.63) is 93.9 Å². The minimum absolute atomic E-state index is 0.0185. The normalized spacial score (nSPS) is 28.8. The number of carbonyl (C=O) groups is 3. The average Bonchev–Trinajstić information content (AvgIpc) is 3.84. The fourth-order valence-corrected chi connectivity index (χ4v) is 8.39. The van der Waals surface area contributed by atoms with Crippen molar-refractivity contribution < 1.29 is 23.9 Å². The summed E-state index contributed by atoms with van der Waals surface area (Å²) < 4.78 is 12.4. The maximum absolute atomic E-state index is 14.7. The standard InChI is InChI=1S/C41H54N6O5/c1-6-45-32-21-27-11-8-7-10-26(27)20-30(32)23-51-38(50)41-37(49)35-29(18-24(2)3)12-9-13-31(35)36(48)40(41,52-41)16-14-25(4)19-33(47-39(43)44-5)28-15-17-46-34(42)22-28/h8-9,11-15,21-22,24,26,30,32-33,45-46H,6-7,10,16-20,23,42H2,1-5H3,(H3,43,44,47)/b25-14+/t26-,30-,32+,33+,40-,41-/m0/s1. The number of epoxide rings is 1. The highest BCUT2D eigenvalue weighted by Gasteiger charge is 2.85. The summed E-state index contributed by atoms with van der Waals surface area (Å²) in [6.07, 6.45) is 16.5. The van der Waals surface area contributed by atoms with Gasteiger partial charge in [-0.3, -0.25) is 14.6 Å². The molecule has 11 heteroatoms. The molecule has 0 saturated carbocycles. The number of ether oxygens (including phenoxy) is 2. The Morgan fingerprint density at radius 3 is 2.79 bits per heavy atom. The van der Waals surface area contributed by atoms with E-state index in [0.29, 0.717) is 36.7 Å². The van der Waals surface area contributed by atoms with Crippen LogP contribution in [0.3, 0.4) is 0 Å². The molecule has 1 saturated heterocycles. The smallest absolute Gasteiger partial charge is 0.350 e. The Balaban J connectivity index is 1.30. The highest BCUT2D eigenvalue weighted by atomic mass is 16.7. The van der Waals surface area contributed by atoms with E-state index in [1.165, 1.54) is 5.57 Å². The van der Waals surface area contributed by atoms with E-state index in [0.717, 1.165) is 42.5 Å². The molecule has 0 bridgehead atoms. The molecule has 278 valence electrons. The van der Waals surface area contributed by atoms with E-state index in [9.17, 15) is 14.4 Å². The number of carbonyl (C=O) groups excluding carboxylic acids is 3. The van der Waals surface area contributed by atoms with E-state index < -0.39 is 23.0 Å². The van der Waals surface area contributed by atoms with Crippen LogP contribution in [-0.2, 0) is 20.7 Å². The summed E-state index contributed by atoms with van der Waals surface area (Å²) in [5.41, 5.74) is 12.9. The van der Waals surface area contributed by atoms with Gasteiger partial charge in [-0.2, -0.15) is 0 Å². The number of hydrogen-bond donors (Lipinski definition) is 5. The zero-order valence-corrected chi connectivity index (χ0v) is 31.1. The first-order chi connectivity index (χ1) is 24.9. The van der Waals surface area contributed by atoms with Gasteiger partial charge in [-0.25, -0.2) is 4.79 Å². The first-order valence-electron chi connectivity index (χ1n) is 18.7. The van der Waals surface area contributed by atoms with E-state index in [1.54, 1.807) is 19.2 Å².